The van der Waals surface area contributed by atoms with Gasteiger partial charge in [0.2, 0.25) is 0 Å². The summed E-state index contributed by atoms with van der Waals surface area (Å²) >= 11 is 0. The third-order valence-electron chi connectivity index (χ3n) is 2.88. The van der Waals surface area contributed by atoms with E-state index in [0.717, 1.165) is 12.0 Å². The lowest BCUT2D eigenvalue weighted by Gasteiger charge is -2.20. The zero-order chi connectivity index (χ0) is 12.4. The molecule has 0 saturated heterocycles. The summed E-state index contributed by atoms with van der Waals surface area (Å²) in [6, 6.07) is 9.76. The summed E-state index contributed by atoms with van der Waals surface area (Å²) in [4.78, 5) is 22.3. The molecule has 0 amide bonds. The molecular formula is C13H14N2O2. The molecule has 0 fully saturated rings. The van der Waals surface area contributed by atoms with Crippen molar-refractivity contribution in [2.45, 2.75) is 19.4 Å². The van der Waals surface area contributed by atoms with Gasteiger partial charge < -0.3 is 11.1 Å². The SMILES string of the molecule is CCC(Nc1c(N)c(=O)c1=O)c1ccccc1. The minimum Gasteiger partial charge on any atom is -0.394 e. The van der Waals surface area contributed by atoms with Crippen LogP contribution in [0.4, 0.5) is 11.4 Å². The molecule has 1 atom stereocenters. The zero-order valence-electron chi connectivity index (χ0n) is 9.57. The molecule has 3 N–H and O–H groups in total. The summed E-state index contributed by atoms with van der Waals surface area (Å²) in [5.41, 5.74) is 5.75. The maximum absolute atomic E-state index is 11.3. The number of nitrogens with one attached hydrogen (secondary N) is 1. The maximum atomic E-state index is 11.3. The van der Waals surface area contributed by atoms with Crippen LogP contribution in [0.2, 0.25) is 0 Å². The molecule has 2 aromatic carbocycles. The predicted octanol–water partition coefficient (Wildman–Crippen LogP) is 1.43. The van der Waals surface area contributed by atoms with Crippen LogP contribution in [-0.2, 0) is 0 Å². The molecule has 0 saturated carbocycles. The summed E-state index contributed by atoms with van der Waals surface area (Å²) in [5, 5.41) is 3.03. The van der Waals surface area contributed by atoms with Crippen LogP contribution in [0, 0.1) is 0 Å². The average molecular weight is 230 g/mol. The molecule has 4 heteroatoms. The fourth-order valence-corrected chi connectivity index (χ4v) is 1.83. The number of nitrogens with two attached hydrogens (primary N) is 1. The van der Waals surface area contributed by atoms with Gasteiger partial charge in [0.1, 0.15) is 11.4 Å². The van der Waals surface area contributed by atoms with Gasteiger partial charge in [-0.05, 0) is 12.0 Å². The second-order valence-electron chi connectivity index (χ2n) is 3.96. The highest BCUT2D eigenvalue weighted by Gasteiger charge is 2.20. The average Bonchev–Trinajstić information content (AvgIpc) is 2.39. The molecule has 2 rings (SSSR count). The first-order chi connectivity index (χ1) is 8.15. The fraction of sp³-hybridized carbons (Fsp3) is 0.231. The smallest absolute Gasteiger partial charge is 0.253 e. The molecule has 0 aliphatic heterocycles. The van der Waals surface area contributed by atoms with E-state index in [0.29, 0.717) is 0 Å². The lowest BCUT2D eigenvalue weighted by molar-refractivity contribution is 0.747. The fourth-order valence-electron chi connectivity index (χ4n) is 1.83. The predicted molar refractivity (Wildman–Crippen MR) is 68.9 cm³/mol. The molecule has 0 aliphatic rings. The molecule has 0 aliphatic carbocycles. The standard InChI is InChI=1S/C13H14N2O2/c1-2-9(8-6-4-3-5-7-8)15-11-10(14)12(16)13(11)17/h3-7,9,15H,2,14H2,1H3. The van der Waals surface area contributed by atoms with Gasteiger partial charge in [0.05, 0.1) is 6.04 Å². The summed E-state index contributed by atoms with van der Waals surface area (Å²) < 4.78 is 0. The van der Waals surface area contributed by atoms with Gasteiger partial charge in [-0.3, -0.25) is 9.59 Å². The van der Waals surface area contributed by atoms with E-state index >= 15 is 0 Å². The van der Waals surface area contributed by atoms with Crippen molar-refractivity contribution in [2.75, 3.05) is 11.1 Å². The van der Waals surface area contributed by atoms with Gasteiger partial charge in [0.15, 0.2) is 0 Å². The first-order valence-corrected chi connectivity index (χ1v) is 5.55. The highest BCUT2D eigenvalue weighted by molar-refractivity contribution is 5.71. The Hall–Kier alpha value is -2.10. The Bertz CT molecular complexity index is 583. The molecular weight excluding hydrogens is 216 g/mol. The number of anilines is 2. The van der Waals surface area contributed by atoms with E-state index in [-0.39, 0.29) is 17.4 Å². The van der Waals surface area contributed by atoms with Gasteiger partial charge in [0.25, 0.3) is 10.9 Å². The zero-order valence-corrected chi connectivity index (χ0v) is 9.57. The minimum absolute atomic E-state index is 0.00167. The van der Waals surface area contributed by atoms with E-state index in [9.17, 15) is 9.59 Å². The summed E-state index contributed by atoms with van der Waals surface area (Å²) in [6.07, 6.45) is 0.808. The van der Waals surface area contributed by atoms with Crippen LogP contribution in [0.1, 0.15) is 24.9 Å². The number of rotatable bonds is 4. The molecule has 1 unspecified atom stereocenters. The van der Waals surface area contributed by atoms with E-state index in [2.05, 4.69) is 5.32 Å². The van der Waals surface area contributed by atoms with Crippen LogP contribution in [0.15, 0.2) is 39.9 Å². The Morgan fingerprint density at radius 1 is 1.18 bits per heavy atom. The van der Waals surface area contributed by atoms with E-state index < -0.39 is 10.9 Å². The van der Waals surface area contributed by atoms with Gasteiger partial charge in [-0.2, -0.15) is 0 Å². The van der Waals surface area contributed by atoms with Crippen LogP contribution in [0.3, 0.4) is 0 Å². The highest BCUT2D eigenvalue weighted by atomic mass is 16.2. The van der Waals surface area contributed by atoms with Crippen molar-refractivity contribution in [3.8, 4) is 0 Å². The summed E-state index contributed by atoms with van der Waals surface area (Å²) in [7, 11) is 0. The van der Waals surface area contributed by atoms with Gasteiger partial charge in [0, 0.05) is 0 Å². The van der Waals surface area contributed by atoms with Crippen molar-refractivity contribution in [1.29, 1.82) is 0 Å². The first-order valence-electron chi connectivity index (χ1n) is 5.55. The maximum Gasteiger partial charge on any atom is 0.253 e. The largest absolute Gasteiger partial charge is 0.394 e. The van der Waals surface area contributed by atoms with Crippen molar-refractivity contribution in [3.63, 3.8) is 0 Å². The lowest BCUT2D eigenvalue weighted by Crippen LogP contribution is -2.37. The first kappa shape index (κ1) is 11.4. The second kappa shape index (κ2) is 4.41. The monoisotopic (exact) mass is 230 g/mol. The number of benzene rings is 1. The van der Waals surface area contributed by atoms with Crippen LogP contribution >= 0.6 is 0 Å². The van der Waals surface area contributed by atoms with Crippen molar-refractivity contribution in [1.82, 2.24) is 0 Å². The number of hydrogen-bond donors (Lipinski definition) is 2. The topological polar surface area (TPSA) is 72.2 Å². The molecule has 0 radical (unpaired) electrons. The number of hydrogen-bond acceptors (Lipinski definition) is 4. The third-order valence-corrected chi connectivity index (χ3v) is 2.88. The summed E-state index contributed by atoms with van der Waals surface area (Å²) in [5.74, 6) is 0. The number of nitrogen functional groups attached to an aromatic ring is 1. The van der Waals surface area contributed by atoms with Gasteiger partial charge >= 0.3 is 0 Å². The van der Waals surface area contributed by atoms with E-state index in [1.807, 2.05) is 37.3 Å². The van der Waals surface area contributed by atoms with E-state index in [1.54, 1.807) is 0 Å². The normalized spacial score (nSPS) is 12.5. The molecule has 17 heavy (non-hydrogen) atoms. The van der Waals surface area contributed by atoms with Crippen molar-refractivity contribution < 1.29 is 0 Å². The Balaban J connectivity index is 2.23. The third kappa shape index (κ3) is 1.93. The lowest BCUT2D eigenvalue weighted by atomic mass is 10.0. The van der Waals surface area contributed by atoms with Crippen LogP contribution < -0.4 is 21.9 Å². The van der Waals surface area contributed by atoms with Gasteiger partial charge in [-0.25, -0.2) is 0 Å². The van der Waals surface area contributed by atoms with Crippen molar-refractivity contribution >= 4 is 11.4 Å². The van der Waals surface area contributed by atoms with E-state index in [1.165, 1.54) is 0 Å². The molecule has 0 heterocycles. The highest BCUT2D eigenvalue weighted by Crippen LogP contribution is 2.23. The Morgan fingerprint density at radius 2 is 1.82 bits per heavy atom. The second-order valence-corrected chi connectivity index (χ2v) is 3.96. The van der Waals surface area contributed by atoms with Crippen molar-refractivity contribution in [3.05, 3.63) is 56.3 Å². The molecule has 88 valence electrons. The molecule has 4 nitrogen and oxygen atoms in total. The Labute approximate surface area is 98.8 Å². The molecule has 0 spiro atoms. The molecule has 0 aromatic heterocycles. The van der Waals surface area contributed by atoms with Crippen LogP contribution in [0.5, 0.6) is 0 Å². The summed E-state index contributed by atoms with van der Waals surface area (Å²) in [6.45, 7) is 2.01. The Morgan fingerprint density at radius 3 is 2.35 bits per heavy atom. The quantitative estimate of drug-likeness (QED) is 0.779. The molecule has 2 aromatic rings. The van der Waals surface area contributed by atoms with Gasteiger partial charge in [-0.1, -0.05) is 37.3 Å². The molecule has 0 bridgehead atoms. The van der Waals surface area contributed by atoms with Gasteiger partial charge in [-0.15, -0.1) is 0 Å². The van der Waals surface area contributed by atoms with Crippen LogP contribution in [0.25, 0.3) is 0 Å². The minimum atomic E-state index is -0.588. The Kier molecular flexibility index (Phi) is 2.95. The van der Waals surface area contributed by atoms with E-state index in [4.69, 9.17) is 5.73 Å². The van der Waals surface area contributed by atoms with Crippen LogP contribution in [-0.4, -0.2) is 0 Å². The van der Waals surface area contributed by atoms with Crippen molar-refractivity contribution in [2.24, 2.45) is 0 Å².